The molecule has 8 heteroatoms. The molecule has 0 aliphatic heterocycles. The second-order valence-corrected chi connectivity index (χ2v) is 7.86. The van der Waals surface area contributed by atoms with Gasteiger partial charge in [-0.05, 0) is 41.8 Å². The third-order valence-corrected chi connectivity index (χ3v) is 4.88. The lowest BCUT2D eigenvalue weighted by Crippen LogP contribution is -2.06. The highest BCUT2D eigenvalue weighted by molar-refractivity contribution is 14.1. The maximum atomic E-state index is 4.50. The fourth-order valence-electron chi connectivity index (χ4n) is 2.70. The lowest BCUT2D eigenvalue weighted by molar-refractivity contribution is 0.966. The number of nitrogens with one attached hydrogen (secondary N) is 4. The zero-order valence-electron chi connectivity index (χ0n) is 17.2. The van der Waals surface area contributed by atoms with Crippen molar-refractivity contribution < 1.29 is 0 Å². The van der Waals surface area contributed by atoms with Gasteiger partial charge >= 0.3 is 0 Å². The largest absolute Gasteiger partial charge is 0.383 e. The molecule has 3 rings (SSSR count). The molecule has 0 atom stereocenters. The molecule has 0 saturated heterocycles. The molecule has 0 spiro atoms. The van der Waals surface area contributed by atoms with Crippen LogP contribution in [0.1, 0.15) is 24.5 Å². The van der Waals surface area contributed by atoms with Crippen molar-refractivity contribution in [3.8, 4) is 0 Å². The van der Waals surface area contributed by atoms with Crippen LogP contribution in [0.25, 0.3) is 0 Å². The van der Waals surface area contributed by atoms with Gasteiger partial charge < -0.3 is 21.3 Å². The number of hydrogen-bond acceptors (Lipinski definition) is 7. The van der Waals surface area contributed by atoms with E-state index >= 15 is 0 Å². The molecule has 0 aliphatic rings. The van der Waals surface area contributed by atoms with E-state index in [9.17, 15) is 0 Å². The quantitative estimate of drug-likeness (QED) is 0.204. The van der Waals surface area contributed by atoms with E-state index in [1.807, 2.05) is 42.9 Å². The molecule has 7 nitrogen and oxygen atoms in total. The second kappa shape index (κ2) is 12.2. The Bertz CT molecular complexity index is 793. The fraction of sp³-hybridized carbons (Fsp3) is 0.318. The summed E-state index contributed by atoms with van der Waals surface area (Å²) in [4.78, 5) is 13.4. The Labute approximate surface area is 191 Å². The number of nitrogens with zero attached hydrogens (tertiary/aromatic N) is 3. The molecule has 0 aliphatic carbocycles. The van der Waals surface area contributed by atoms with E-state index in [1.165, 1.54) is 0 Å². The minimum atomic E-state index is 0.678. The Hall–Kier alpha value is -2.62. The van der Waals surface area contributed by atoms with Gasteiger partial charge in [0.2, 0.25) is 0 Å². The maximum absolute atomic E-state index is 4.50. The van der Waals surface area contributed by atoms with Crippen LogP contribution in [0.5, 0.6) is 0 Å². The van der Waals surface area contributed by atoms with Crippen LogP contribution in [-0.4, -0.2) is 32.5 Å². The summed E-state index contributed by atoms with van der Waals surface area (Å²) in [7, 11) is 0. The first-order valence-electron chi connectivity index (χ1n) is 10.1. The molecule has 30 heavy (non-hydrogen) atoms. The number of halogens is 1. The molecule has 4 N–H and O–H groups in total. The van der Waals surface area contributed by atoms with Crippen molar-refractivity contribution in [3.05, 3.63) is 66.1 Å². The van der Waals surface area contributed by atoms with Crippen LogP contribution in [0.3, 0.4) is 0 Å². The van der Waals surface area contributed by atoms with Gasteiger partial charge in [-0.1, -0.05) is 41.6 Å². The Morgan fingerprint density at radius 1 is 0.667 bits per heavy atom. The zero-order chi connectivity index (χ0) is 21.0. The summed E-state index contributed by atoms with van der Waals surface area (Å²) in [6, 6.07) is 12.2. The monoisotopic (exact) mass is 517 g/mol. The molecule has 158 valence electrons. The summed E-state index contributed by atoms with van der Waals surface area (Å²) >= 11 is 2.35. The van der Waals surface area contributed by atoms with Crippen molar-refractivity contribution in [2.24, 2.45) is 0 Å². The third-order valence-electron chi connectivity index (χ3n) is 4.34. The molecule has 3 aromatic rings. The number of aromatic nitrogens is 3. The molecule has 0 amide bonds. The van der Waals surface area contributed by atoms with Gasteiger partial charge in [-0.2, -0.15) is 0 Å². The van der Waals surface area contributed by atoms with Crippen LogP contribution in [-0.2, 0) is 13.1 Å². The summed E-state index contributed by atoms with van der Waals surface area (Å²) in [6.45, 7) is 5.39. The van der Waals surface area contributed by atoms with Crippen LogP contribution in [0, 0.1) is 0 Å². The highest BCUT2D eigenvalue weighted by Crippen LogP contribution is 2.13. The van der Waals surface area contributed by atoms with Gasteiger partial charge in [0.1, 0.15) is 17.5 Å². The van der Waals surface area contributed by atoms with Gasteiger partial charge in [0.15, 0.2) is 0 Å². The van der Waals surface area contributed by atoms with Gasteiger partial charge in [0.05, 0.1) is 11.9 Å². The van der Waals surface area contributed by atoms with Crippen molar-refractivity contribution in [2.75, 3.05) is 38.8 Å². The molecule has 0 aromatic carbocycles. The summed E-state index contributed by atoms with van der Waals surface area (Å²) in [5.74, 6) is 2.61. The number of pyridine rings is 3. The topological polar surface area (TPSA) is 86.8 Å². The summed E-state index contributed by atoms with van der Waals surface area (Å²) < 4.78 is 1.06. The van der Waals surface area contributed by atoms with E-state index in [-0.39, 0.29) is 0 Å². The van der Waals surface area contributed by atoms with E-state index in [0.717, 1.165) is 58.2 Å². The molecule has 0 saturated carbocycles. The molecule has 0 fully saturated rings. The van der Waals surface area contributed by atoms with E-state index in [2.05, 4.69) is 77.9 Å². The van der Waals surface area contributed by atoms with Gasteiger partial charge in [-0.15, -0.1) is 0 Å². The van der Waals surface area contributed by atoms with E-state index in [0.29, 0.717) is 13.1 Å². The van der Waals surface area contributed by atoms with Gasteiger partial charge in [-0.25, -0.2) is 15.0 Å². The van der Waals surface area contributed by atoms with E-state index in [4.69, 9.17) is 0 Å². The number of rotatable bonds is 12. The normalized spacial score (nSPS) is 10.5. The smallest absolute Gasteiger partial charge is 0.126 e. The fourth-order valence-corrected chi connectivity index (χ4v) is 2.97. The van der Waals surface area contributed by atoms with Crippen molar-refractivity contribution in [2.45, 2.75) is 26.4 Å². The van der Waals surface area contributed by atoms with E-state index in [1.54, 1.807) is 0 Å². The molecule has 3 aromatic heterocycles. The lowest BCUT2D eigenvalue weighted by Gasteiger charge is -2.09. The SMILES string of the molecule is CCCNc1ccc(CNc2ccc(CNc3ccc(NCCI)cn3)cn2)cn1. The van der Waals surface area contributed by atoms with Crippen molar-refractivity contribution >= 4 is 45.7 Å². The van der Waals surface area contributed by atoms with Crippen LogP contribution in [0.4, 0.5) is 23.1 Å². The molecular weight excluding hydrogens is 489 g/mol. The molecule has 0 unspecified atom stereocenters. The molecule has 0 radical (unpaired) electrons. The highest BCUT2D eigenvalue weighted by Gasteiger charge is 2.00. The number of anilines is 4. The first-order valence-corrected chi connectivity index (χ1v) is 11.7. The average Bonchev–Trinajstić information content (AvgIpc) is 2.80. The van der Waals surface area contributed by atoms with Gasteiger partial charge in [0.25, 0.3) is 0 Å². The highest BCUT2D eigenvalue weighted by atomic mass is 127. The van der Waals surface area contributed by atoms with E-state index < -0.39 is 0 Å². The van der Waals surface area contributed by atoms with Crippen LogP contribution in [0.15, 0.2) is 55.0 Å². The molecule has 0 bridgehead atoms. The van der Waals surface area contributed by atoms with Gasteiger partial charge in [0, 0.05) is 43.0 Å². The third kappa shape index (κ3) is 7.33. The standard InChI is InChI=1S/C22H28IN7/c1-2-10-25-20-6-3-17(12-26-20)13-27-21-7-4-18(14-28-21)15-29-22-8-5-19(16-30-22)24-11-9-23/h3-8,12,14,16,24H,2,9-11,13,15H2,1H3,(H,25,26)(H,27,28)(H,29,30). The Kier molecular flexibility index (Phi) is 8.95. The summed E-state index contributed by atoms with van der Waals surface area (Å²) in [6.07, 6.45) is 6.70. The lowest BCUT2D eigenvalue weighted by atomic mass is 10.2. The number of hydrogen-bond donors (Lipinski definition) is 4. The minimum Gasteiger partial charge on any atom is -0.383 e. The predicted octanol–water partition coefficient (Wildman–Crippen LogP) is 4.76. The minimum absolute atomic E-state index is 0.678. The van der Waals surface area contributed by atoms with Crippen LogP contribution >= 0.6 is 22.6 Å². The van der Waals surface area contributed by atoms with Crippen LogP contribution in [0.2, 0.25) is 0 Å². The van der Waals surface area contributed by atoms with Crippen molar-refractivity contribution in [1.29, 1.82) is 0 Å². The summed E-state index contributed by atoms with van der Waals surface area (Å²) in [5.41, 5.74) is 3.26. The van der Waals surface area contributed by atoms with Gasteiger partial charge in [-0.3, -0.25) is 0 Å². The molecular formula is C22H28IN7. The predicted molar refractivity (Wildman–Crippen MR) is 134 cm³/mol. The Morgan fingerprint density at radius 3 is 1.70 bits per heavy atom. The number of alkyl halides is 1. The van der Waals surface area contributed by atoms with Crippen LogP contribution < -0.4 is 21.3 Å². The summed E-state index contributed by atoms with van der Waals surface area (Å²) in [5, 5.41) is 13.3. The maximum Gasteiger partial charge on any atom is 0.126 e. The van der Waals surface area contributed by atoms with Crippen molar-refractivity contribution in [1.82, 2.24) is 15.0 Å². The van der Waals surface area contributed by atoms with Crippen molar-refractivity contribution in [3.63, 3.8) is 0 Å². The molecule has 3 heterocycles. The first-order chi connectivity index (χ1) is 14.8. The zero-order valence-corrected chi connectivity index (χ0v) is 19.3. The second-order valence-electron chi connectivity index (χ2n) is 6.79. The Balaban J connectivity index is 1.43. The average molecular weight is 517 g/mol. The first kappa shape index (κ1) is 22.1. The Morgan fingerprint density at radius 2 is 1.23 bits per heavy atom.